The van der Waals surface area contributed by atoms with Gasteiger partial charge in [0.15, 0.2) is 0 Å². The molecule has 0 rings (SSSR count). The Balaban J connectivity index is 3.91. The molecule has 0 amide bonds. The average Bonchev–Trinajstić information content (AvgIpc) is 2.11. The van der Waals surface area contributed by atoms with Crippen molar-refractivity contribution in [3.05, 3.63) is 0 Å². The van der Waals surface area contributed by atoms with Crippen LogP contribution in [0, 0.1) is 0 Å². The van der Waals surface area contributed by atoms with Crippen LogP contribution in [0.2, 0.25) is 0 Å². The molecule has 3 heteroatoms. The van der Waals surface area contributed by atoms with E-state index in [-0.39, 0.29) is 0 Å². The van der Waals surface area contributed by atoms with Gasteiger partial charge in [0.2, 0.25) is 0 Å². The molecule has 0 aromatic heterocycles. The summed E-state index contributed by atoms with van der Waals surface area (Å²) in [6.07, 6.45) is 1.15. The van der Waals surface area contributed by atoms with Crippen LogP contribution < -0.4 is 5.73 Å². The van der Waals surface area contributed by atoms with Crippen LogP contribution in [0.1, 0.15) is 20.3 Å². The van der Waals surface area contributed by atoms with Crippen LogP contribution >= 0.6 is 0 Å². The molecule has 0 radical (unpaired) electrons. The Hall–Kier alpha value is -0.120. The highest BCUT2D eigenvalue weighted by Crippen LogP contribution is 2.05. The zero-order valence-electron chi connectivity index (χ0n) is 8.71. The molecule has 74 valence electrons. The van der Waals surface area contributed by atoms with Gasteiger partial charge in [-0.15, -0.1) is 0 Å². The standard InChI is InChI=1S/C9H22N2O/c1-5-8(2)11(3)9(6-10)7-12-4/h8-9H,5-7,10H2,1-4H3. The van der Waals surface area contributed by atoms with Crippen LogP contribution in [0.25, 0.3) is 0 Å². The van der Waals surface area contributed by atoms with Gasteiger partial charge in [0.1, 0.15) is 0 Å². The second-order valence-corrected chi connectivity index (χ2v) is 3.27. The molecule has 0 bridgehead atoms. The zero-order valence-corrected chi connectivity index (χ0v) is 8.71. The van der Waals surface area contributed by atoms with Crippen molar-refractivity contribution in [1.82, 2.24) is 4.90 Å². The highest BCUT2D eigenvalue weighted by atomic mass is 16.5. The van der Waals surface area contributed by atoms with Gasteiger partial charge in [0.05, 0.1) is 6.61 Å². The first-order valence-corrected chi connectivity index (χ1v) is 4.58. The minimum atomic E-state index is 0.352. The highest BCUT2D eigenvalue weighted by molar-refractivity contribution is 4.73. The van der Waals surface area contributed by atoms with E-state index in [2.05, 4.69) is 25.8 Å². The van der Waals surface area contributed by atoms with Gasteiger partial charge >= 0.3 is 0 Å². The number of hydrogen-bond donors (Lipinski definition) is 1. The Bertz CT molecular complexity index is 109. The van der Waals surface area contributed by atoms with Gasteiger partial charge in [0, 0.05) is 25.7 Å². The predicted octanol–water partition coefficient (Wildman–Crippen LogP) is 0.690. The van der Waals surface area contributed by atoms with E-state index in [4.69, 9.17) is 10.5 Å². The van der Waals surface area contributed by atoms with Crippen molar-refractivity contribution >= 4 is 0 Å². The molecule has 3 nitrogen and oxygen atoms in total. The first-order valence-electron chi connectivity index (χ1n) is 4.58. The number of likely N-dealkylation sites (N-methyl/N-ethyl adjacent to an activating group) is 1. The normalized spacial score (nSPS) is 16.5. The maximum absolute atomic E-state index is 5.63. The van der Waals surface area contributed by atoms with Gasteiger partial charge in [-0.25, -0.2) is 0 Å². The minimum absolute atomic E-state index is 0.352. The van der Waals surface area contributed by atoms with Crippen molar-refractivity contribution in [2.24, 2.45) is 5.73 Å². The molecule has 12 heavy (non-hydrogen) atoms. The Labute approximate surface area is 75.9 Å². The van der Waals surface area contributed by atoms with Crippen molar-refractivity contribution in [2.75, 3.05) is 27.3 Å². The lowest BCUT2D eigenvalue weighted by Gasteiger charge is -2.31. The summed E-state index contributed by atoms with van der Waals surface area (Å²) in [4.78, 5) is 2.28. The third-order valence-corrected chi connectivity index (χ3v) is 2.49. The lowest BCUT2D eigenvalue weighted by atomic mass is 10.2. The van der Waals surface area contributed by atoms with Crippen molar-refractivity contribution in [2.45, 2.75) is 32.4 Å². The summed E-state index contributed by atoms with van der Waals surface area (Å²) in [6.45, 7) is 5.77. The van der Waals surface area contributed by atoms with E-state index in [1.807, 2.05) is 0 Å². The van der Waals surface area contributed by atoms with E-state index in [0.717, 1.165) is 13.0 Å². The van der Waals surface area contributed by atoms with Gasteiger partial charge < -0.3 is 10.5 Å². The van der Waals surface area contributed by atoms with Gasteiger partial charge in [0.25, 0.3) is 0 Å². The van der Waals surface area contributed by atoms with Crippen LogP contribution in [0.5, 0.6) is 0 Å². The Kier molecular flexibility index (Phi) is 6.34. The molecule has 0 heterocycles. The smallest absolute Gasteiger partial charge is 0.0630 e. The maximum atomic E-state index is 5.63. The SMILES string of the molecule is CCC(C)N(C)C(CN)COC. The molecule has 0 aliphatic heterocycles. The van der Waals surface area contributed by atoms with Gasteiger partial charge in [-0.2, -0.15) is 0 Å². The molecule has 2 unspecified atom stereocenters. The fourth-order valence-electron chi connectivity index (χ4n) is 1.19. The molecule has 0 spiro atoms. The van der Waals surface area contributed by atoms with Gasteiger partial charge in [-0.3, -0.25) is 4.90 Å². The van der Waals surface area contributed by atoms with Gasteiger partial charge in [-0.1, -0.05) is 6.92 Å². The van der Waals surface area contributed by atoms with Crippen LogP contribution in [-0.2, 0) is 4.74 Å². The monoisotopic (exact) mass is 174 g/mol. The fraction of sp³-hybridized carbons (Fsp3) is 1.00. The molecule has 0 aromatic rings. The number of nitrogens with zero attached hydrogens (tertiary/aromatic N) is 1. The third kappa shape index (κ3) is 3.52. The first kappa shape index (κ1) is 11.9. The number of ether oxygens (including phenoxy) is 1. The summed E-state index contributed by atoms with van der Waals surface area (Å²) in [5.41, 5.74) is 5.63. The summed E-state index contributed by atoms with van der Waals surface area (Å²) in [7, 11) is 3.82. The number of rotatable bonds is 6. The Morgan fingerprint density at radius 1 is 1.50 bits per heavy atom. The Morgan fingerprint density at radius 3 is 2.42 bits per heavy atom. The zero-order chi connectivity index (χ0) is 9.56. The van der Waals surface area contributed by atoms with Crippen LogP contribution in [0.3, 0.4) is 0 Å². The fourth-order valence-corrected chi connectivity index (χ4v) is 1.19. The molecule has 0 aliphatic rings. The van der Waals surface area contributed by atoms with E-state index >= 15 is 0 Å². The second-order valence-electron chi connectivity index (χ2n) is 3.27. The lowest BCUT2D eigenvalue weighted by Crippen LogP contribution is -2.45. The molecule has 2 N–H and O–H groups in total. The second kappa shape index (κ2) is 6.40. The number of methoxy groups -OCH3 is 1. The summed E-state index contributed by atoms with van der Waals surface area (Å²) in [6, 6.07) is 0.929. The van der Waals surface area contributed by atoms with E-state index in [1.165, 1.54) is 0 Å². The quantitative estimate of drug-likeness (QED) is 0.644. The van der Waals surface area contributed by atoms with Crippen molar-refractivity contribution in [3.63, 3.8) is 0 Å². The van der Waals surface area contributed by atoms with Crippen molar-refractivity contribution < 1.29 is 4.74 Å². The van der Waals surface area contributed by atoms with Crippen LogP contribution in [0.4, 0.5) is 0 Å². The Morgan fingerprint density at radius 2 is 2.08 bits per heavy atom. The molecule has 2 atom stereocenters. The molecule has 0 aliphatic carbocycles. The summed E-state index contributed by atoms with van der Waals surface area (Å²) >= 11 is 0. The molecular formula is C9H22N2O. The molecular weight excluding hydrogens is 152 g/mol. The number of hydrogen-bond acceptors (Lipinski definition) is 3. The van der Waals surface area contributed by atoms with E-state index in [1.54, 1.807) is 7.11 Å². The summed E-state index contributed by atoms with van der Waals surface area (Å²) in [5, 5.41) is 0. The third-order valence-electron chi connectivity index (χ3n) is 2.49. The largest absolute Gasteiger partial charge is 0.383 e. The number of nitrogens with two attached hydrogens (primary N) is 1. The predicted molar refractivity (Wildman–Crippen MR) is 52.2 cm³/mol. The summed E-state index contributed by atoms with van der Waals surface area (Å²) < 4.78 is 5.09. The molecule has 0 saturated carbocycles. The van der Waals surface area contributed by atoms with Crippen molar-refractivity contribution in [3.8, 4) is 0 Å². The van der Waals surface area contributed by atoms with Crippen molar-refractivity contribution in [1.29, 1.82) is 0 Å². The van der Waals surface area contributed by atoms with E-state index in [9.17, 15) is 0 Å². The first-order chi connectivity index (χ1) is 5.67. The van der Waals surface area contributed by atoms with E-state index < -0.39 is 0 Å². The van der Waals surface area contributed by atoms with Crippen LogP contribution in [-0.4, -0.2) is 44.3 Å². The average molecular weight is 174 g/mol. The maximum Gasteiger partial charge on any atom is 0.0630 e. The highest BCUT2D eigenvalue weighted by Gasteiger charge is 2.16. The molecule has 0 saturated heterocycles. The molecule has 0 fully saturated rings. The lowest BCUT2D eigenvalue weighted by molar-refractivity contribution is 0.0874. The van der Waals surface area contributed by atoms with Crippen LogP contribution in [0.15, 0.2) is 0 Å². The minimum Gasteiger partial charge on any atom is -0.383 e. The van der Waals surface area contributed by atoms with Gasteiger partial charge in [-0.05, 0) is 20.4 Å². The van der Waals surface area contributed by atoms with E-state index in [0.29, 0.717) is 18.6 Å². The summed E-state index contributed by atoms with van der Waals surface area (Å²) in [5.74, 6) is 0. The topological polar surface area (TPSA) is 38.5 Å². The molecule has 0 aromatic carbocycles.